The minimum atomic E-state index is -0.825. The second kappa shape index (κ2) is 5.85. The molecule has 3 N–H and O–H groups in total. The molecular formula is C15H11ClN4O3. The number of fused-ring (bicyclic) bond motifs is 1. The number of pyridine rings is 1. The van der Waals surface area contributed by atoms with Gasteiger partial charge in [-0.25, -0.2) is 4.98 Å². The predicted octanol–water partition coefficient (Wildman–Crippen LogP) is 2.00. The Kier molecular flexibility index (Phi) is 3.88. The Morgan fingerprint density at radius 3 is 2.91 bits per heavy atom. The maximum Gasteiger partial charge on any atom is 0.269 e. The lowest BCUT2D eigenvalue weighted by atomic mass is 10.0. The first-order chi connectivity index (χ1) is 11.0. The first kappa shape index (κ1) is 15.2. The Bertz CT molecular complexity index is 834. The summed E-state index contributed by atoms with van der Waals surface area (Å²) in [6.45, 7) is 0. The molecule has 0 saturated heterocycles. The number of nitrogens with zero attached hydrogens (tertiary/aromatic N) is 3. The molecular weight excluding hydrogens is 320 g/mol. The van der Waals surface area contributed by atoms with Crippen LogP contribution in [0, 0.1) is 11.3 Å². The quantitative estimate of drug-likeness (QED) is 0.814. The highest BCUT2D eigenvalue weighted by Gasteiger charge is 2.31. The molecule has 1 atom stereocenters. The average Bonchev–Trinajstić information content (AvgIpc) is 2.53. The molecule has 116 valence electrons. The molecule has 0 bridgehead atoms. The first-order valence-electron chi connectivity index (χ1n) is 6.64. The Balaban J connectivity index is 1.88. The van der Waals surface area contributed by atoms with Crippen LogP contribution in [0.2, 0.25) is 5.02 Å². The highest BCUT2D eigenvalue weighted by atomic mass is 35.5. The minimum absolute atomic E-state index is 0.141. The van der Waals surface area contributed by atoms with Crippen molar-refractivity contribution in [3.63, 3.8) is 0 Å². The van der Waals surface area contributed by atoms with Gasteiger partial charge in [0.05, 0.1) is 22.8 Å². The van der Waals surface area contributed by atoms with Crippen molar-refractivity contribution in [3.8, 4) is 17.6 Å². The van der Waals surface area contributed by atoms with E-state index in [2.05, 4.69) is 4.98 Å². The molecule has 8 heteroatoms. The summed E-state index contributed by atoms with van der Waals surface area (Å²) in [4.78, 5) is 15.6. The lowest BCUT2D eigenvalue weighted by molar-refractivity contribution is -0.125. The van der Waals surface area contributed by atoms with Gasteiger partial charge in [-0.15, -0.1) is 0 Å². The number of nitrogens with two attached hydrogens (primary N) is 1. The van der Waals surface area contributed by atoms with E-state index in [0.717, 1.165) is 0 Å². The van der Waals surface area contributed by atoms with Crippen molar-refractivity contribution in [2.45, 2.75) is 12.5 Å². The monoisotopic (exact) mass is 330 g/mol. The predicted molar refractivity (Wildman–Crippen MR) is 81.4 cm³/mol. The van der Waals surface area contributed by atoms with Crippen LogP contribution < -0.4 is 15.5 Å². The summed E-state index contributed by atoms with van der Waals surface area (Å²) in [5.74, 6) is 0.381. The summed E-state index contributed by atoms with van der Waals surface area (Å²) < 4.78 is 5.64. The van der Waals surface area contributed by atoms with E-state index < -0.39 is 11.9 Å². The van der Waals surface area contributed by atoms with Crippen LogP contribution in [0.15, 0.2) is 30.5 Å². The summed E-state index contributed by atoms with van der Waals surface area (Å²) in [5.41, 5.74) is 6.61. The molecule has 1 amide bonds. The van der Waals surface area contributed by atoms with Gasteiger partial charge in [-0.2, -0.15) is 10.3 Å². The third-order valence-electron chi connectivity index (χ3n) is 3.38. The fraction of sp³-hybridized carbons (Fsp3) is 0.133. The van der Waals surface area contributed by atoms with E-state index in [1.807, 2.05) is 6.07 Å². The highest BCUT2D eigenvalue weighted by molar-refractivity contribution is 6.31. The van der Waals surface area contributed by atoms with Crippen LogP contribution in [0.3, 0.4) is 0 Å². The van der Waals surface area contributed by atoms with Gasteiger partial charge in [-0.1, -0.05) is 11.6 Å². The number of halogens is 1. The number of hydrogen-bond acceptors (Lipinski definition) is 6. The Morgan fingerprint density at radius 2 is 2.22 bits per heavy atom. The smallest absolute Gasteiger partial charge is 0.269 e. The van der Waals surface area contributed by atoms with Crippen LogP contribution in [0.25, 0.3) is 0 Å². The fourth-order valence-electron chi connectivity index (χ4n) is 2.25. The van der Waals surface area contributed by atoms with Crippen molar-refractivity contribution in [2.75, 3.05) is 5.06 Å². The normalized spacial score (nSPS) is 16.7. The fourth-order valence-corrected chi connectivity index (χ4v) is 2.46. The van der Waals surface area contributed by atoms with Gasteiger partial charge in [-0.3, -0.25) is 10.0 Å². The summed E-state index contributed by atoms with van der Waals surface area (Å²) in [7, 11) is 0. The second-order valence-electron chi connectivity index (χ2n) is 4.97. The van der Waals surface area contributed by atoms with Crippen LogP contribution >= 0.6 is 11.6 Å². The topological polar surface area (TPSA) is 112 Å². The van der Waals surface area contributed by atoms with E-state index in [4.69, 9.17) is 27.3 Å². The molecule has 2 aromatic rings. The molecule has 0 unspecified atom stereocenters. The maximum absolute atomic E-state index is 11.6. The van der Waals surface area contributed by atoms with Crippen LogP contribution in [0.5, 0.6) is 11.5 Å². The molecule has 7 nitrogen and oxygen atoms in total. The highest BCUT2D eigenvalue weighted by Crippen LogP contribution is 2.31. The second-order valence-corrected chi connectivity index (χ2v) is 5.38. The summed E-state index contributed by atoms with van der Waals surface area (Å²) >= 11 is 5.95. The molecule has 1 aliphatic heterocycles. The third kappa shape index (κ3) is 2.83. The number of benzene rings is 1. The van der Waals surface area contributed by atoms with Crippen molar-refractivity contribution >= 4 is 23.3 Å². The van der Waals surface area contributed by atoms with Crippen LogP contribution in [-0.4, -0.2) is 22.1 Å². The van der Waals surface area contributed by atoms with Crippen molar-refractivity contribution in [1.82, 2.24) is 4.98 Å². The van der Waals surface area contributed by atoms with Gasteiger partial charge in [0, 0.05) is 18.1 Å². The van der Waals surface area contributed by atoms with Gasteiger partial charge in [-0.05, 0) is 18.2 Å². The van der Waals surface area contributed by atoms with E-state index in [0.29, 0.717) is 27.7 Å². The number of anilines is 1. The molecule has 0 spiro atoms. The molecule has 1 aliphatic rings. The molecule has 3 rings (SSSR count). The number of carbonyl (C=O) groups is 1. The Morgan fingerprint density at radius 1 is 1.43 bits per heavy atom. The first-order valence-corrected chi connectivity index (χ1v) is 7.02. The summed E-state index contributed by atoms with van der Waals surface area (Å²) in [6, 6.07) is 7.46. The number of carbonyl (C=O) groups excluding carboxylic acids is 1. The number of hydrogen-bond donors (Lipinski definition) is 2. The van der Waals surface area contributed by atoms with Crippen molar-refractivity contribution in [1.29, 1.82) is 5.26 Å². The number of nitriles is 1. The molecule has 0 saturated carbocycles. The van der Waals surface area contributed by atoms with Crippen LogP contribution in [-0.2, 0) is 11.2 Å². The van der Waals surface area contributed by atoms with E-state index >= 15 is 0 Å². The zero-order valence-corrected chi connectivity index (χ0v) is 12.5. The van der Waals surface area contributed by atoms with Crippen molar-refractivity contribution in [3.05, 3.63) is 46.6 Å². The van der Waals surface area contributed by atoms with Gasteiger partial charge in [0.15, 0.2) is 5.82 Å². The minimum Gasteiger partial charge on any atom is -0.456 e. The molecule has 0 aliphatic carbocycles. The van der Waals surface area contributed by atoms with Gasteiger partial charge in [0.2, 0.25) is 0 Å². The van der Waals surface area contributed by atoms with Gasteiger partial charge in [0.1, 0.15) is 17.6 Å². The van der Waals surface area contributed by atoms with Gasteiger partial charge >= 0.3 is 0 Å². The average molecular weight is 331 g/mol. The maximum atomic E-state index is 11.6. The van der Waals surface area contributed by atoms with Gasteiger partial charge < -0.3 is 10.5 Å². The molecule has 1 aromatic carbocycles. The lowest BCUT2D eigenvalue weighted by Crippen LogP contribution is -2.47. The zero-order valence-electron chi connectivity index (χ0n) is 11.7. The zero-order chi connectivity index (χ0) is 16.6. The van der Waals surface area contributed by atoms with E-state index in [1.165, 1.54) is 12.3 Å². The molecule has 0 fully saturated rings. The lowest BCUT2D eigenvalue weighted by Gasteiger charge is -2.26. The van der Waals surface area contributed by atoms with E-state index in [-0.39, 0.29) is 17.3 Å². The number of ether oxygens (including phenoxy) is 1. The number of hydroxylamine groups is 1. The third-order valence-corrected chi connectivity index (χ3v) is 3.69. The van der Waals surface area contributed by atoms with E-state index in [1.54, 1.807) is 18.2 Å². The summed E-state index contributed by atoms with van der Waals surface area (Å²) in [5, 5.41) is 19.3. The summed E-state index contributed by atoms with van der Waals surface area (Å²) in [6.07, 6.45) is 1.63. The number of aromatic nitrogens is 1. The van der Waals surface area contributed by atoms with Crippen molar-refractivity contribution in [2.24, 2.45) is 5.73 Å². The Hall–Kier alpha value is -2.66. The van der Waals surface area contributed by atoms with Gasteiger partial charge in [0.25, 0.3) is 5.91 Å². The van der Waals surface area contributed by atoms with E-state index in [9.17, 15) is 10.0 Å². The standard InChI is InChI=1S/C15H11ClN4O3/c16-12-5-10(2-1-8(12)6-17)23-11-3-9-4-13(18)15(21)20(22)14(9)19-7-11/h1-3,5,7,13,22H,4,18H2/t13-/m0/s1. The van der Waals surface area contributed by atoms with Crippen LogP contribution in [0.1, 0.15) is 11.1 Å². The number of rotatable bonds is 2. The van der Waals surface area contributed by atoms with Crippen molar-refractivity contribution < 1.29 is 14.7 Å². The van der Waals surface area contributed by atoms with Crippen LogP contribution in [0.4, 0.5) is 5.82 Å². The molecule has 2 heterocycles. The molecule has 0 radical (unpaired) electrons. The Labute approximate surface area is 136 Å². The number of amides is 1. The SMILES string of the molecule is N#Cc1ccc(Oc2cnc3c(c2)C[C@H](N)C(=O)N3O)cc1Cl. The molecule has 1 aromatic heterocycles. The largest absolute Gasteiger partial charge is 0.456 e. The molecule has 23 heavy (non-hydrogen) atoms.